The van der Waals surface area contributed by atoms with Crippen LogP contribution in [0.25, 0.3) is 0 Å². The number of methoxy groups -OCH3 is 1. The second-order valence-corrected chi connectivity index (χ2v) is 4.87. The van der Waals surface area contributed by atoms with E-state index >= 15 is 0 Å². The van der Waals surface area contributed by atoms with E-state index in [1.54, 1.807) is 5.01 Å². The first-order valence-corrected chi connectivity index (χ1v) is 7.04. The van der Waals surface area contributed by atoms with Crippen molar-refractivity contribution in [2.24, 2.45) is 0 Å². The van der Waals surface area contributed by atoms with Gasteiger partial charge in [-0.2, -0.15) is 0 Å². The van der Waals surface area contributed by atoms with E-state index in [1.165, 1.54) is 19.2 Å². The fourth-order valence-corrected chi connectivity index (χ4v) is 2.05. The van der Waals surface area contributed by atoms with Crippen LogP contribution < -0.4 is 15.2 Å². The van der Waals surface area contributed by atoms with E-state index in [0.717, 1.165) is 17.3 Å². The average molecular weight is 302 g/mol. The topological polar surface area (TPSA) is 41.6 Å². The largest absolute Gasteiger partial charge is 0.494 e. The quantitative estimate of drug-likeness (QED) is 0.862. The first kappa shape index (κ1) is 15.8. The first-order valence-electron chi connectivity index (χ1n) is 7.04. The molecule has 22 heavy (non-hydrogen) atoms. The molecule has 2 rings (SSSR count). The number of nitrogens with one attached hydrogen (secondary N) is 1. The fraction of sp³-hybridized carbons (Fsp3) is 0.235. The number of ether oxygens (including phenoxy) is 1. The third kappa shape index (κ3) is 3.55. The molecule has 0 heterocycles. The van der Waals surface area contributed by atoms with Crippen molar-refractivity contribution in [2.75, 3.05) is 18.7 Å². The van der Waals surface area contributed by atoms with Crippen LogP contribution in [0.5, 0.6) is 5.75 Å². The molecule has 0 aliphatic rings. The SMILES string of the molecule is CCN(NC(=O)c1ccc(OC)c(F)c1)c1ccc(C)cc1. The van der Waals surface area contributed by atoms with Gasteiger partial charge in [0.15, 0.2) is 11.6 Å². The van der Waals surface area contributed by atoms with Crippen LogP contribution in [0.2, 0.25) is 0 Å². The van der Waals surface area contributed by atoms with Gasteiger partial charge in [-0.25, -0.2) is 4.39 Å². The number of hydrogen-bond acceptors (Lipinski definition) is 3. The highest BCUT2D eigenvalue weighted by atomic mass is 19.1. The molecule has 1 N–H and O–H groups in total. The molecule has 0 aliphatic heterocycles. The van der Waals surface area contributed by atoms with Crippen LogP contribution in [0.15, 0.2) is 42.5 Å². The van der Waals surface area contributed by atoms with Crippen LogP contribution in [-0.4, -0.2) is 19.6 Å². The molecule has 0 spiro atoms. The van der Waals surface area contributed by atoms with E-state index in [1.807, 2.05) is 38.1 Å². The van der Waals surface area contributed by atoms with Crippen LogP contribution in [0.4, 0.5) is 10.1 Å². The molecule has 0 saturated carbocycles. The van der Waals surface area contributed by atoms with E-state index in [2.05, 4.69) is 5.43 Å². The number of hydrazine groups is 1. The lowest BCUT2D eigenvalue weighted by atomic mass is 10.2. The summed E-state index contributed by atoms with van der Waals surface area (Å²) in [5.41, 5.74) is 5.02. The van der Waals surface area contributed by atoms with Gasteiger partial charge in [0.25, 0.3) is 5.91 Å². The van der Waals surface area contributed by atoms with Crippen LogP contribution in [-0.2, 0) is 0 Å². The van der Waals surface area contributed by atoms with Gasteiger partial charge < -0.3 is 4.74 Å². The maximum atomic E-state index is 13.7. The molecule has 116 valence electrons. The summed E-state index contributed by atoms with van der Waals surface area (Å²) in [4.78, 5) is 12.2. The molecule has 0 fully saturated rings. The maximum absolute atomic E-state index is 13.7. The number of nitrogens with zero attached hydrogens (tertiary/aromatic N) is 1. The van der Waals surface area contributed by atoms with Crippen LogP contribution in [0.1, 0.15) is 22.8 Å². The third-order valence-corrected chi connectivity index (χ3v) is 3.31. The summed E-state index contributed by atoms with van der Waals surface area (Å²) in [6.45, 7) is 4.51. The summed E-state index contributed by atoms with van der Waals surface area (Å²) >= 11 is 0. The third-order valence-electron chi connectivity index (χ3n) is 3.31. The van der Waals surface area contributed by atoms with Crippen molar-refractivity contribution in [1.29, 1.82) is 0 Å². The predicted molar refractivity (Wildman–Crippen MR) is 84.6 cm³/mol. The molecule has 4 nitrogen and oxygen atoms in total. The standard InChI is InChI=1S/C17H19FN2O2/c1-4-20(14-8-5-12(2)6-9-14)19-17(21)13-7-10-16(22-3)15(18)11-13/h5-11H,4H2,1-3H3,(H,19,21). The second kappa shape index (κ2) is 6.93. The van der Waals surface area contributed by atoms with Gasteiger partial charge in [0.05, 0.1) is 12.8 Å². The lowest BCUT2D eigenvalue weighted by Crippen LogP contribution is -2.42. The molecule has 2 aromatic rings. The molecular formula is C17H19FN2O2. The highest BCUT2D eigenvalue weighted by Gasteiger charge is 2.13. The number of halogens is 1. The molecule has 2 aromatic carbocycles. The van der Waals surface area contributed by atoms with Gasteiger partial charge in [-0.3, -0.25) is 15.2 Å². The molecule has 0 aliphatic carbocycles. The Bertz CT molecular complexity index is 656. The van der Waals surface area contributed by atoms with E-state index in [-0.39, 0.29) is 17.2 Å². The molecule has 0 atom stereocenters. The summed E-state index contributed by atoms with van der Waals surface area (Å²) in [5, 5.41) is 1.71. The van der Waals surface area contributed by atoms with Gasteiger partial charge in [0.2, 0.25) is 0 Å². The normalized spacial score (nSPS) is 10.2. The summed E-state index contributed by atoms with van der Waals surface area (Å²) < 4.78 is 18.5. The molecular weight excluding hydrogens is 283 g/mol. The summed E-state index contributed by atoms with van der Waals surface area (Å²) in [7, 11) is 1.38. The Morgan fingerprint density at radius 1 is 1.23 bits per heavy atom. The number of carbonyl (C=O) groups is 1. The van der Waals surface area contributed by atoms with Gasteiger partial charge in [-0.05, 0) is 44.2 Å². The predicted octanol–water partition coefficient (Wildman–Crippen LogP) is 3.31. The van der Waals surface area contributed by atoms with E-state index < -0.39 is 5.82 Å². The van der Waals surface area contributed by atoms with E-state index in [9.17, 15) is 9.18 Å². The smallest absolute Gasteiger partial charge is 0.269 e. The lowest BCUT2D eigenvalue weighted by molar-refractivity contribution is 0.0949. The molecule has 0 saturated heterocycles. The Morgan fingerprint density at radius 2 is 1.91 bits per heavy atom. The van der Waals surface area contributed by atoms with E-state index in [0.29, 0.717) is 6.54 Å². The zero-order chi connectivity index (χ0) is 16.1. The van der Waals surface area contributed by atoms with Crippen molar-refractivity contribution in [3.8, 4) is 5.75 Å². The van der Waals surface area contributed by atoms with Gasteiger partial charge in [-0.15, -0.1) is 0 Å². The molecule has 1 amide bonds. The van der Waals surface area contributed by atoms with Crippen molar-refractivity contribution >= 4 is 11.6 Å². The summed E-state index contributed by atoms with van der Waals surface area (Å²) in [6.07, 6.45) is 0. The monoisotopic (exact) mass is 302 g/mol. The number of amides is 1. The minimum atomic E-state index is -0.562. The first-order chi connectivity index (χ1) is 10.5. The number of rotatable bonds is 5. The zero-order valence-electron chi connectivity index (χ0n) is 12.9. The Morgan fingerprint density at radius 3 is 2.45 bits per heavy atom. The minimum Gasteiger partial charge on any atom is -0.494 e. The van der Waals surface area contributed by atoms with Crippen molar-refractivity contribution < 1.29 is 13.9 Å². The fourth-order valence-electron chi connectivity index (χ4n) is 2.05. The van der Waals surface area contributed by atoms with Crippen LogP contribution >= 0.6 is 0 Å². The van der Waals surface area contributed by atoms with Gasteiger partial charge >= 0.3 is 0 Å². The van der Waals surface area contributed by atoms with Crippen molar-refractivity contribution in [2.45, 2.75) is 13.8 Å². The van der Waals surface area contributed by atoms with Crippen molar-refractivity contribution in [1.82, 2.24) is 5.43 Å². The van der Waals surface area contributed by atoms with Crippen LogP contribution in [0, 0.1) is 12.7 Å². The molecule has 0 bridgehead atoms. The minimum absolute atomic E-state index is 0.113. The van der Waals surface area contributed by atoms with Gasteiger partial charge in [0, 0.05) is 12.1 Å². The summed E-state index contributed by atoms with van der Waals surface area (Å²) in [6, 6.07) is 11.9. The van der Waals surface area contributed by atoms with Crippen molar-refractivity contribution in [3.63, 3.8) is 0 Å². The Hall–Kier alpha value is -2.56. The van der Waals surface area contributed by atoms with Gasteiger partial charge in [0.1, 0.15) is 0 Å². The Kier molecular flexibility index (Phi) is 4.99. The number of anilines is 1. The highest BCUT2D eigenvalue weighted by Crippen LogP contribution is 2.18. The van der Waals surface area contributed by atoms with Crippen LogP contribution in [0.3, 0.4) is 0 Å². The number of carbonyl (C=O) groups excluding carboxylic acids is 1. The maximum Gasteiger partial charge on any atom is 0.269 e. The lowest BCUT2D eigenvalue weighted by Gasteiger charge is -2.24. The molecule has 0 radical (unpaired) electrons. The number of hydrogen-bond donors (Lipinski definition) is 1. The highest BCUT2D eigenvalue weighted by molar-refractivity contribution is 5.95. The van der Waals surface area contributed by atoms with Crippen molar-refractivity contribution in [3.05, 3.63) is 59.4 Å². The van der Waals surface area contributed by atoms with Gasteiger partial charge in [-0.1, -0.05) is 17.7 Å². The number of benzene rings is 2. The zero-order valence-corrected chi connectivity index (χ0v) is 12.9. The summed E-state index contributed by atoms with van der Waals surface area (Å²) in [5.74, 6) is -0.819. The number of aryl methyl sites for hydroxylation is 1. The Labute approximate surface area is 129 Å². The average Bonchev–Trinajstić information content (AvgIpc) is 2.53. The molecule has 5 heteroatoms. The Balaban J connectivity index is 2.15. The molecule has 0 unspecified atom stereocenters. The second-order valence-electron chi connectivity index (χ2n) is 4.87. The van der Waals surface area contributed by atoms with E-state index in [4.69, 9.17) is 4.74 Å². The molecule has 0 aromatic heterocycles.